The second kappa shape index (κ2) is 8.04. The molecule has 0 radical (unpaired) electrons. The van der Waals surface area contributed by atoms with Crippen LogP contribution in [0.4, 0.5) is 0 Å². The van der Waals surface area contributed by atoms with Gasteiger partial charge in [-0.2, -0.15) is 0 Å². The molecular formula is C23H23NO3. The van der Waals surface area contributed by atoms with Crippen LogP contribution < -0.4 is 0 Å². The van der Waals surface area contributed by atoms with E-state index in [0.717, 1.165) is 17.0 Å². The molecule has 0 N–H and O–H groups in total. The molecule has 0 atom stereocenters. The van der Waals surface area contributed by atoms with E-state index >= 15 is 0 Å². The summed E-state index contributed by atoms with van der Waals surface area (Å²) in [7, 11) is 1.91. The van der Waals surface area contributed by atoms with E-state index in [0.29, 0.717) is 23.3 Å². The summed E-state index contributed by atoms with van der Waals surface area (Å²) in [6, 6.07) is 19.0. The maximum Gasteiger partial charge on any atom is 0.340 e. The van der Waals surface area contributed by atoms with E-state index < -0.39 is 0 Å². The Bertz CT molecular complexity index is 956. The summed E-state index contributed by atoms with van der Waals surface area (Å²) in [6.07, 6.45) is 0.143. The van der Waals surface area contributed by atoms with Gasteiger partial charge in [-0.25, -0.2) is 4.79 Å². The molecule has 0 aliphatic rings. The van der Waals surface area contributed by atoms with Crippen LogP contribution in [0.1, 0.15) is 38.9 Å². The molecule has 0 amide bonds. The van der Waals surface area contributed by atoms with Crippen molar-refractivity contribution in [3.05, 3.63) is 83.0 Å². The molecule has 0 saturated carbocycles. The standard InChI is InChI=1S/C23H23NO3/c1-4-27-23(26)21-16(2)24(3)22(18-13-9-6-10-14-18)19(21)15-20(25)17-11-7-5-8-12-17/h5-14H,4,15H2,1-3H3. The second-order valence-corrected chi connectivity index (χ2v) is 6.40. The van der Waals surface area contributed by atoms with Crippen molar-refractivity contribution in [3.63, 3.8) is 0 Å². The summed E-state index contributed by atoms with van der Waals surface area (Å²) in [5.74, 6) is -0.410. The summed E-state index contributed by atoms with van der Waals surface area (Å²) in [5, 5.41) is 0. The Morgan fingerprint density at radius 1 is 0.963 bits per heavy atom. The smallest absolute Gasteiger partial charge is 0.340 e. The molecule has 138 valence electrons. The Kier molecular flexibility index (Phi) is 5.55. The minimum absolute atomic E-state index is 0.0241. The van der Waals surface area contributed by atoms with E-state index in [9.17, 15) is 9.59 Å². The maximum atomic E-state index is 12.9. The third-order valence-electron chi connectivity index (χ3n) is 4.75. The lowest BCUT2D eigenvalue weighted by Crippen LogP contribution is -2.11. The number of aromatic nitrogens is 1. The molecule has 2 aromatic carbocycles. The highest BCUT2D eigenvalue weighted by molar-refractivity contribution is 6.02. The Labute approximate surface area is 159 Å². The van der Waals surface area contributed by atoms with Gasteiger partial charge in [0.25, 0.3) is 0 Å². The van der Waals surface area contributed by atoms with E-state index in [1.165, 1.54) is 0 Å². The fourth-order valence-electron chi connectivity index (χ4n) is 3.37. The monoisotopic (exact) mass is 361 g/mol. The van der Waals surface area contributed by atoms with E-state index in [1.807, 2.05) is 67.1 Å². The minimum atomic E-state index is -0.386. The number of nitrogens with zero attached hydrogens (tertiary/aromatic N) is 1. The van der Waals surface area contributed by atoms with Crippen molar-refractivity contribution in [2.75, 3.05) is 6.61 Å². The molecule has 3 aromatic rings. The second-order valence-electron chi connectivity index (χ2n) is 6.40. The number of ether oxygens (including phenoxy) is 1. The molecule has 0 spiro atoms. The fraction of sp³-hybridized carbons (Fsp3) is 0.217. The number of rotatable bonds is 6. The maximum absolute atomic E-state index is 12.9. The number of ketones is 1. The van der Waals surface area contributed by atoms with Crippen LogP contribution in [-0.2, 0) is 18.2 Å². The van der Waals surface area contributed by atoms with E-state index in [4.69, 9.17) is 4.74 Å². The van der Waals surface area contributed by atoms with E-state index in [2.05, 4.69) is 0 Å². The largest absolute Gasteiger partial charge is 0.462 e. The van der Waals surface area contributed by atoms with Crippen LogP contribution in [0, 0.1) is 6.92 Å². The molecule has 0 bridgehead atoms. The third-order valence-corrected chi connectivity index (χ3v) is 4.75. The number of benzene rings is 2. The molecular weight excluding hydrogens is 338 g/mol. The van der Waals surface area contributed by atoms with Crippen LogP contribution >= 0.6 is 0 Å². The van der Waals surface area contributed by atoms with E-state index in [1.54, 1.807) is 19.1 Å². The topological polar surface area (TPSA) is 48.3 Å². The van der Waals surface area contributed by atoms with Crippen molar-refractivity contribution in [3.8, 4) is 11.3 Å². The molecule has 0 aliphatic carbocycles. The molecule has 4 heteroatoms. The number of hydrogen-bond donors (Lipinski definition) is 0. The quantitative estimate of drug-likeness (QED) is 0.476. The lowest BCUT2D eigenvalue weighted by Gasteiger charge is -2.09. The number of carbonyl (C=O) groups is 2. The number of hydrogen-bond acceptors (Lipinski definition) is 3. The van der Waals surface area contributed by atoms with Crippen molar-refractivity contribution >= 4 is 11.8 Å². The molecule has 0 saturated heterocycles. The number of Topliss-reactive ketones (excluding diaryl/α,β-unsaturated/α-hetero) is 1. The van der Waals surface area contributed by atoms with Crippen LogP contribution in [-0.4, -0.2) is 22.9 Å². The first-order valence-corrected chi connectivity index (χ1v) is 9.03. The highest BCUT2D eigenvalue weighted by atomic mass is 16.5. The molecule has 0 fully saturated rings. The van der Waals surface area contributed by atoms with Gasteiger partial charge in [0.15, 0.2) is 5.78 Å². The van der Waals surface area contributed by atoms with Crippen molar-refractivity contribution in [2.45, 2.75) is 20.3 Å². The van der Waals surface area contributed by atoms with Crippen LogP contribution in [0.2, 0.25) is 0 Å². The van der Waals surface area contributed by atoms with Crippen molar-refractivity contribution in [1.29, 1.82) is 0 Å². The zero-order valence-electron chi connectivity index (χ0n) is 15.9. The first-order chi connectivity index (χ1) is 13.0. The molecule has 0 unspecified atom stereocenters. The van der Waals surface area contributed by atoms with Crippen molar-refractivity contribution < 1.29 is 14.3 Å². The molecule has 27 heavy (non-hydrogen) atoms. The first kappa shape index (κ1) is 18.6. The van der Waals surface area contributed by atoms with Gasteiger partial charge < -0.3 is 9.30 Å². The summed E-state index contributed by atoms with van der Waals surface area (Å²) < 4.78 is 7.24. The van der Waals surface area contributed by atoms with Gasteiger partial charge in [0.05, 0.1) is 17.9 Å². The Morgan fingerprint density at radius 2 is 1.56 bits per heavy atom. The summed E-state index contributed by atoms with van der Waals surface area (Å²) in [4.78, 5) is 25.5. The van der Waals surface area contributed by atoms with Gasteiger partial charge in [0, 0.05) is 30.3 Å². The lowest BCUT2D eigenvalue weighted by atomic mass is 9.96. The van der Waals surface area contributed by atoms with E-state index in [-0.39, 0.29) is 18.2 Å². The lowest BCUT2D eigenvalue weighted by molar-refractivity contribution is 0.0524. The summed E-state index contributed by atoms with van der Waals surface area (Å²) >= 11 is 0. The molecule has 4 nitrogen and oxygen atoms in total. The highest BCUT2D eigenvalue weighted by Crippen LogP contribution is 2.32. The molecule has 1 heterocycles. The summed E-state index contributed by atoms with van der Waals surface area (Å²) in [6.45, 7) is 3.96. The van der Waals surface area contributed by atoms with Gasteiger partial charge >= 0.3 is 5.97 Å². The zero-order valence-corrected chi connectivity index (χ0v) is 15.9. The van der Waals surface area contributed by atoms with Gasteiger partial charge in [0.2, 0.25) is 0 Å². The normalized spacial score (nSPS) is 10.6. The predicted octanol–water partition coefficient (Wildman–Crippen LogP) is 4.60. The Balaban J connectivity index is 2.15. The molecule has 3 rings (SSSR count). The SMILES string of the molecule is CCOC(=O)c1c(CC(=O)c2ccccc2)c(-c2ccccc2)n(C)c1C. The zero-order chi connectivity index (χ0) is 19.4. The van der Waals surface area contributed by atoms with Gasteiger partial charge in [-0.15, -0.1) is 0 Å². The van der Waals surface area contributed by atoms with Crippen LogP contribution in [0.15, 0.2) is 60.7 Å². The van der Waals surface area contributed by atoms with Crippen molar-refractivity contribution in [1.82, 2.24) is 4.57 Å². The van der Waals surface area contributed by atoms with Crippen molar-refractivity contribution in [2.24, 2.45) is 7.05 Å². The average Bonchev–Trinajstić information content (AvgIpc) is 2.93. The van der Waals surface area contributed by atoms with Crippen LogP contribution in [0.25, 0.3) is 11.3 Å². The molecule has 1 aromatic heterocycles. The average molecular weight is 361 g/mol. The predicted molar refractivity (Wildman–Crippen MR) is 106 cm³/mol. The van der Waals surface area contributed by atoms with Gasteiger partial charge in [-0.1, -0.05) is 60.7 Å². The number of esters is 1. The first-order valence-electron chi connectivity index (χ1n) is 9.03. The molecule has 0 aliphatic heterocycles. The van der Waals surface area contributed by atoms with Crippen LogP contribution in [0.3, 0.4) is 0 Å². The Morgan fingerprint density at radius 3 is 2.15 bits per heavy atom. The third kappa shape index (κ3) is 3.70. The Hall–Kier alpha value is -3.14. The van der Waals surface area contributed by atoms with Gasteiger partial charge in [0.1, 0.15) is 0 Å². The van der Waals surface area contributed by atoms with Crippen LogP contribution in [0.5, 0.6) is 0 Å². The number of carbonyl (C=O) groups excluding carboxylic acids is 2. The van der Waals surface area contributed by atoms with Gasteiger partial charge in [-0.05, 0) is 19.4 Å². The minimum Gasteiger partial charge on any atom is -0.462 e. The van der Waals surface area contributed by atoms with Gasteiger partial charge in [-0.3, -0.25) is 4.79 Å². The highest BCUT2D eigenvalue weighted by Gasteiger charge is 2.27. The summed E-state index contributed by atoms with van der Waals surface area (Å²) in [5.41, 5.74) is 4.47. The fourth-order valence-corrected chi connectivity index (χ4v) is 3.37.